The summed E-state index contributed by atoms with van der Waals surface area (Å²) in [7, 11) is 1.43. The van der Waals surface area contributed by atoms with Gasteiger partial charge in [-0.25, -0.2) is 14.1 Å². The summed E-state index contributed by atoms with van der Waals surface area (Å²) >= 11 is 0. The van der Waals surface area contributed by atoms with E-state index in [4.69, 9.17) is 9.47 Å². The van der Waals surface area contributed by atoms with Gasteiger partial charge in [0.05, 0.1) is 0 Å². The second-order valence-corrected chi connectivity index (χ2v) is 8.00. The van der Waals surface area contributed by atoms with Crippen molar-refractivity contribution < 1.29 is 18.7 Å². The minimum absolute atomic E-state index is 0.00709. The molecule has 1 amide bonds. The third-order valence-electron chi connectivity index (χ3n) is 5.61. The fraction of sp³-hybridized carbons (Fsp3) is 0.261. The van der Waals surface area contributed by atoms with Crippen molar-refractivity contribution in [2.75, 3.05) is 18.4 Å². The maximum absolute atomic E-state index is 14.9. The molecule has 0 atom stereocenters. The number of anilines is 1. The normalized spacial score (nSPS) is 14.1. The van der Waals surface area contributed by atoms with Crippen LogP contribution < -0.4 is 25.7 Å². The standard InChI is InChI=1S/C23H22FN7O4/c1-31-23(33)15(6-11-27-31)21(32)28-13-2-3-17(16(24)12-13)35-18-7-10-26-20-19(18)22(30-29-20)34-14-4-8-25-9-5-14/h2-3,6-7,10-12,14,25H,4-5,8-9H2,1H3,(H,28,32)(H,26,29,30). The molecule has 35 heavy (non-hydrogen) atoms. The third-order valence-corrected chi connectivity index (χ3v) is 5.61. The van der Waals surface area contributed by atoms with Crippen LogP contribution in [0.5, 0.6) is 17.4 Å². The number of aryl methyl sites for hydroxylation is 1. The predicted octanol–water partition coefficient (Wildman–Crippen LogP) is 2.37. The van der Waals surface area contributed by atoms with Gasteiger partial charge in [0.25, 0.3) is 11.5 Å². The smallest absolute Gasteiger partial charge is 0.279 e. The molecule has 5 rings (SSSR count). The van der Waals surface area contributed by atoms with Crippen molar-refractivity contribution in [3.63, 3.8) is 0 Å². The molecule has 0 bridgehead atoms. The molecule has 1 fully saturated rings. The lowest BCUT2D eigenvalue weighted by Gasteiger charge is -2.22. The maximum Gasteiger partial charge on any atom is 0.279 e. The largest absolute Gasteiger partial charge is 0.473 e. The van der Waals surface area contributed by atoms with Gasteiger partial charge in [-0.15, -0.1) is 5.10 Å². The quantitative estimate of drug-likeness (QED) is 0.384. The summed E-state index contributed by atoms with van der Waals surface area (Å²) in [5.74, 6) is -0.777. The summed E-state index contributed by atoms with van der Waals surface area (Å²) in [6.45, 7) is 1.72. The number of pyridine rings is 1. The number of hydrogen-bond donors (Lipinski definition) is 3. The van der Waals surface area contributed by atoms with Gasteiger partial charge < -0.3 is 20.1 Å². The van der Waals surface area contributed by atoms with Gasteiger partial charge in [0.1, 0.15) is 22.8 Å². The van der Waals surface area contributed by atoms with E-state index >= 15 is 0 Å². The first-order chi connectivity index (χ1) is 17.0. The molecule has 1 aromatic carbocycles. The molecule has 4 aromatic rings. The minimum Gasteiger partial charge on any atom is -0.473 e. The Hall–Kier alpha value is -4.32. The minimum atomic E-state index is -0.709. The maximum atomic E-state index is 14.9. The monoisotopic (exact) mass is 479 g/mol. The number of halogens is 1. The highest BCUT2D eigenvalue weighted by atomic mass is 19.1. The van der Waals surface area contributed by atoms with Crippen molar-refractivity contribution in [2.45, 2.75) is 18.9 Å². The van der Waals surface area contributed by atoms with Crippen molar-refractivity contribution in [3.05, 3.63) is 64.5 Å². The van der Waals surface area contributed by atoms with Crippen LogP contribution in [0, 0.1) is 5.82 Å². The molecule has 4 heterocycles. The lowest BCUT2D eigenvalue weighted by molar-refractivity contribution is 0.102. The Kier molecular flexibility index (Phi) is 6.10. The Bertz CT molecular complexity index is 1450. The number of benzene rings is 1. The lowest BCUT2D eigenvalue weighted by Crippen LogP contribution is -2.34. The summed E-state index contributed by atoms with van der Waals surface area (Å²) in [5, 5.41) is 17.1. The van der Waals surface area contributed by atoms with E-state index in [-0.39, 0.29) is 23.1 Å². The molecule has 3 aromatic heterocycles. The second kappa shape index (κ2) is 9.50. The fourth-order valence-electron chi connectivity index (χ4n) is 3.79. The Balaban J connectivity index is 1.36. The van der Waals surface area contributed by atoms with Gasteiger partial charge in [0.2, 0.25) is 5.88 Å². The summed E-state index contributed by atoms with van der Waals surface area (Å²) in [6, 6.07) is 6.87. The van der Waals surface area contributed by atoms with Gasteiger partial charge in [0.15, 0.2) is 17.2 Å². The Morgan fingerprint density at radius 3 is 2.80 bits per heavy atom. The summed E-state index contributed by atoms with van der Waals surface area (Å²) in [4.78, 5) is 28.8. The molecule has 11 nitrogen and oxygen atoms in total. The third kappa shape index (κ3) is 4.68. The molecule has 1 saturated heterocycles. The first-order valence-corrected chi connectivity index (χ1v) is 11.0. The number of piperidine rings is 1. The number of carbonyl (C=O) groups is 1. The van der Waals surface area contributed by atoms with E-state index in [1.54, 1.807) is 6.07 Å². The first-order valence-electron chi connectivity index (χ1n) is 11.0. The Morgan fingerprint density at radius 2 is 2.00 bits per heavy atom. The van der Waals surface area contributed by atoms with Crippen LogP contribution in [-0.4, -0.2) is 50.1 Å². The molecular weight excluding hydrogens is 457 g/mol. The average Bonchev–Trinajstić information content (AvgIpc) is 3.27. The van der Waals surface area contributed by atoms with Gasteiger partial charge in [-0.3, -0.25) is 14.7 Å². The fourth-order valence-corrected chi connectivity index (χ4v) is 3.79. The SMILES string of the molecule is Cn1nccc(C(=O)Nc2ccc(Oc3ccnc4[nH]nc(OC5CCNCC5)c34)c(F)c2)c1=O. The van der Waals surface area contributed by atoms with Crippen LogP contribution in [0.2, 0.25) is 0 Å². The van der Waals surface area contributed by atoms with Crippen LogP contribution in [0.4, 0.5) is 10.1 Å². The number of nitrogens with zero attached hydrogens (tertiary/aromatic N) is 4. The lowest BCUT2D eigenvalue weighted by atomic mass is 10.1. The second-order valence-electron chi connectivity index (χ2n) is 8.00. The van der Waals surface area contributed by atoms with Crippen LogP contribution >= 0.6 is 0 Å². The molecular formula is C23H22FN7O4. The number of carbonyl (C=O) groups excluding carboxylic acids is 1. The van der Waals surface area contributed by atoms with Crippen molar-refractivity contribution in [1.82, 2.24) is 30.3 Å². The number of nitrogens with one attached hydrogen (secondary N) is 3. The number of rotatable bonds is 6. The number of aromatic amines is 1. The van der Waals surface area contributed by atoms with Gasteiger partial charge >= 0.3 is 0 Å². The molecule has 1 aliphatic heterocycles. The van der Waals surface area contributed by atoms with E-state index in [1.807, 2.05) is 0 Å². The van der Waals surface area contributed by atoms with Crippen LogP contribution in [0.15, 0.2) is 47.5 Å². The zero-order chi connectivity index (χ0) is 24.4. The van der Waals surface area contributed by atoms with Crippen molar-refractivity contribution in [1.29, 1.82) is 0 Å². The van der Waals surface area contributed by atoms with Crippen LogP contribution in [0.3, 0.4) is 0 Å². The van der Waals surface area contributed by atoms with Crippen LogP contribution in [-0.2, 0) is 7.05 Å². The molecule has 0 radical (unpaired) electrons. The zero-order valence-electron chi connectivity index (χ0n) is 18.7. The zero-order valence-corrected chi connectivity index (χ0v) is 18.7. The molecule has 0 spiro atoms. The summed E-state index contributed by atoms with van der Waals surface area (Å²) < 4.78 is 27.9. The molecule has 1 aliphatic rings. The van der Waals surface area contributed by atoms with E-state index in [0.717, 1.165) is 36.7 Å². The summed E-state index contributed by atoms with van der Waals surface area (Å²) in [6.07, 6.45) is 4.55. The molecule has 0 saturated carbocycles. The number of hydrogen-bond acceptors (Lipinski definition) is 8. The average molecular weight is 479 g/mol. The van der Waals surface area contributed by atoms with Gasteiger partial charge in [-0.05, 0) is 44.1 Å². The van der Waals surface area contributed by atoms with Crippen LogP contribution in [0.1, 0.15) is 23.2 Å². The van der Waals surface area contributed by atoms with Crippen molar-refractivity contribution in [3.8, 4) is 17.4 Å². The molecule has 12 heteroatoms. The van der Waals surface area contributed by atoms with E-state index < -0.39 is 17.3 Å². The number of amides is 1. The molecule has 0 unspecified atom stereocenters. The summed E-state index contributed by atoms with van der Waals surface area (Å²) in [5.41, 5.74) is -0.0510. The molecule has 3 N–H and O–H groups in total. The van der Waals surface area contributed by atoms with E-state index in [9.17, 15) is 14.0 Å². The van der Waals surface area contributed by atoms with Gasteiger partial charge in [-0.1, -0.05) is 0 Å². The topological polar surface area (TPSA) is 136 Å². The van der Waals surface area contributed by atoms with E-state index in [0.29, 0.717) is 22.7 Å². The van der Waals surface area contributed by atoms with Gasteiger partial charge in [0, 0.05) is 37.3 Å². The number of fused-ring (bicyclic) bond motifs is 1. The molecule has 0 aliphatic carbocycles. The van der Waals surface area contributed by atoms with Gasteiger partial charge in [-0.2, -0.15) is 5.10 Å². The predicted molar refractivity (Wildman–Crippen MR) is 124 cm³/mol. The van der Waals surface area contributed by atoms with E-state index in [1.165, 1.54) is 37.6 Å². The highest BCUT2D eigenvalue weighted by molar-refractivity contribution is 6.04. The van der Waals surface area contributed by atoms with Crippen molar-refractivity contribution >= 4 is 22.6 Å². The number of ether oxygens (including phenoxy) is 2. The highest BCUT2D eigenvalue weighted by Crippen LogP contribution is 2.36. The molecule has 180 valence electrons. The number of H-pyrrole nitrogens is 1. The van der Waals surface area contributed by atoms with Crippen molar-refractivity contribution in [2.24, 2.45) is 7.05 Å². The highest BCUT2D eigenvalue weighted by Gasteiger charge is 2.21. The van der Waals surface area contributed by atoms with Crippen LogP contribution in [0.25, 0.3) is 11.0 Å². The Labute approximate surface area is 198 Å². The number of aromatic nitrogens is 5. The Morgan fingerprint density at radius 1 is 1.17 bits per heavy atom. The van der Waals surface area contributed by atoms with E-state index in [2.05, 4.69) is 30.9 Å². The first kappa shape index (κ1) is 22.5.